The number of ether oxygens (including phenoxy) is 3. The molecule has 0 aliphatic carbocycles. The van der Waals surface area contributed by atoms with Gasteiger partial charge in [-0.15, -0.1) is 0 Å². The number of carbonyl (C=O) groups is 1. The van der Waals surface area contributed by atoms with Crippen molar-refractivity contribution in [1.29, 1.82) is 0 Å². The van der Waals surface area contributed by atoms with Crippen molar-refractivity contribution in [2.24, 2.45) is 16.2 Å². The molecule has 0 radical (unpaired) electrons. The highest BCUT2D eigenvalue weighted by atomic mass is 16.5. The normalized spacial score (nSPS) is 21.3. The fraction of sp³-hybridized carbons (Fsp3) is 0.988. The van der Waals surface area contributed by atoms with Crippen LogP contribution < -0.4 is 10.6 Å². The molecule has 97 heavy (non-hydrogen) atoms. The van der Waals surface area contributed by atoms with Gasteiger partial charge in [0, 0.05) is 178 Å². The van der Waals surface area contributed by atoms with E-state index in [1.807, 2.05) is 4.90 Å². The summed E-state index contributed by atoms with van der Waals surface area (Å²) < 4.78 is 17.4. The van der Waals surface area contributed by atoms with Crippen LogP contribution in [-0.4, -0.2) is 302 Å². The van der Waals surface area contributed by atoms with Gasteiger partial charge >= 0.3 is 0 Å². The molecule has 5 aliphatic heterocycles. The standard InChI is InChI=1S/C17H37N3.C17H34N2O2.C16H35N3.C16H34N2O.C15H32N2O/c1-16(2,3)8-12-19-10-7-11-20(15-14-19)13-9-18-17(4,5)6;1-16(2,3)8-7-15(20)19-11-9-18(10-12-19)13-14-21-17(4,5)6;1-15(2,3)7-9-18-11-13-19(14-12-18)10-8-17-16(4,5)6;1-13-12-18(15(3,4)5)14(2)11-17(13)9-10-19-16(6,7)8;1-14(2,3)17-9-7-8-16(10-11-17)12-13-18-15(4,5)6/h18H,7-15H2,1-6H3;7-14H2,1-6H3;17H,7-14H2,1-6H3;13-14H,9-12H2,1-8H3;7-13H2,1-6H3. The molecule has 1 amide bonds. The molecule has 16 heteroatoms. The van der Waals surface area contributed by atoms with E-state index in [1.165, 1.54) is 130 Å². The Morgan fingerprint density at radius 1 is 0.351 bits per heavy atom. The highest BCUT2D eigenvalue weighted by molar-refractivity contribution is 5.76. The van der Waals surface area contributed by atoms with Crippen LogP contribution in [0.2, 0.25) is 0 Å². The van der Waals surface area contributed by atoms with E-state index in [-0.39, 0.29) is 38.8 Å². The van der Waals surface area contributed by atoms with Gasteiger partial charge < -0.3 is 44.4 Å². The molecule has 2 N–H and O–H groups in total. The Morgan fingerprint density at radius 3 is 1.05 bits per heavy atom. The van der Waals surface area contributed by atoms with Crippen molar-refractivity contribution in [3.8, 4) is 0 Å². The fourth-order valence-electron chi connectivity index (χ4n) is 12.5. The number of hydrogen-bond acceptors (Lipinski definition) is 15. The highest BCUT2D eigenvalue weighted by Crippen LogP contribution is 2.26. The van der Waals surface area contributed by atoms with Crippen LogP contribution in [0.3, 0.4) is 0 Å². The van der Waals surface area contributed by atoms with Crippen LogP contribution in [0.25, 0.3) is 0 Å². The lowest BCUT2D eigenvalue weighted by molar-refractivity contribution is -0.133. The van der Waals surface area contributed by atoms with E-state index in [0.29, 0.717) is 40.8 Å². The lowest BCUT2D eigenvalue weighted by Gasteiger charge is -2.50. The Morgan fingerprint density at radius 2 is 0.680 bits per heavy atom. The van der Waals surface area contributed by atoms with E-state index in [9.17, 15) is 4.79 Å². The molecule has 0 aromatic heterocycles. The Kier molecular flexibility index (Phi) is 42.0. The summed E-state index contributed by atoms with van der Waals surface area (Å²) in [7, 11) is 0. The molecule has 5 saturated heterocycles. The SMILES string of the molecule is CC(C)(C)CCC(=O)N1CCN(CCOC(C)(C)C)CC1.CC(C)(C)CCN1CCCN(CCNC(C)(C)C)CC1.CC(C)(C)CCN1CCN(CCNC(C)(C)C)CC1.CC(C)(C)OCCN1CCCN(C(C)(C)C)CC1.CC1CN(C(C)(C)C)C(C)CN1CCOC(C)(C)C. The number of nitrogens with one attached hydrogen (secondary N) is 2. The third kappa shape index (κ3) is 51.7. The molecule has 2 atom stereocenters. The van der Waals surface area contributed by atoms with Crippen LogP contribution in [-0.2, 0) is 19.0 Å². The van der Waals surface area contributed by atoms with E-state index >= 15 is 0 Å². The second kappa shape index (κ2) is 43.4. The number of nitrogens with zero attached hydrogens (tertiary/aromatic N) is 10. The lowest BCUT2D eigenvalue weighted by Crippen LogP contribution is -2.61. The van der Waals surface area contributed by atoms with Gasteiger partial charge in [-0.25, -0.2) is 0 Å². The Balaban J connectivity index is 0.000000607. The van der Waals surface area contributed by atoms with Gasteiger partial charge in [-0.1, -0.05) is 62.3 Å². The van der Waals surface area contributed by atoms with Crippen LogP contribution in [0.4, 0.5) is 0 Å². The highest BCUT2D eigenvalue weighted by Gasteiger charge is 2.35. The third-order valence-corrected chi connectivity index (χ3v) is 18.8. The number of carbonyl (C=O) groups excluding carboxylic acids is 1. The summed E-state index contributed by atoms with van der Waals surface area (Å²) in [6.07, 6.45) is 6.84. The largest absolute Gasteiger partial charge is 0.375 e. The number of amides is 1. The van der Waals surface area contributed by atoms with Crippen molar-refractivity contribution in [2.45, 2.75) is 311 Å². The van der Waals surface area contributed by atoms with E-state index in [4.69, 9.17) is 14.2 Å². The van der Waals surface area contributed by atoms with Gasteiger partial charge in [-0.2, -0.15) is 0 Å². The zero-order valence-electron chi connectivity index (χ0n) is 71.2. The van der Waals surface area contributed by atoms with E-state index in [2.05, 4.69) is 276 Å². The molecule has 16 nitrogen and oxygen atoms in total. The minimum Gasteiger partial charge on any atom is -0.375 e. The lowest BCUT2D eigenvalue weighted by atomic mass is 9.90. The van der Waals surface area contributed by atoms with Crippen LogP contribution in [0.15, 0.2) is 0 Å². The first-order valence-corrected chi connectivity index (χ1v) is 39.4. The van der Waals surface area contributed by atoms with Crippen LogP contribution in [0.1, 0.15) is 260 Å². The molecule has 5 aliphatic rings. The molecule has 0 saturated carbocycles. The Labute approximate surface area is 605 Å². The molecule has 0 spiro atoms. The van der Waals surface area contributed by atoms with Gasteiger partial charge in [0.25, 0.3) is 0 Å². The van der Waals surface area contributed by atoms with Crippen molar-refractivity contribution in [1.82, 2.24) is 59.6 Å². The minimum atomic E-state index is -0.0647. The van der Waals surface area contributed by atoms with Gasteiger partial charge in [0.15, 0.2) is 0 Å². The van der Waals surface area contributed by atoms with E-state index in [1.54, 1.807) is 0 Å². The number of piperazine rings is 3. The maximum Gasteiger partial charge on any atom is 0.222 e. The first-order chi connectivity index (χ1) is 44.1. The fourth-order valence-corrected chi connectivity index (χ4v) is 12.5. The molecular weight excluding hydrogens is 1200 g/mol. The van der Waals surface area contributed by atoms with Crippen molar-refractivity contribution < 1.29 is 19.0 Å². The van der Waals surface area contributed by atoms with E-state index < -0.39 is 0 Å². The molecule has 0 bridgehead atoms. The average Bonchev–Trinajstić information content (AvgIpc) is 1.23. The number of hydrogen-bond donors (Lipinski definition) is 2. The summed E-state index contributed by atoms with van der Waals surface area (Å²) in [5.74, 6) is 0.315. The molecule has 5 heterocycles. The molecule has 0 aromatic carbocycles. The first-order valence-electron chi connectivity index (χ1n) is 39.4. The number of rotatable bonds is 21. The van der Waals surface area contributed by atoms with Crippen LogP contribution in [0.5, 0.6) is 0 Å². The third-order valence-electron chi connectivity index (χ3n) is 18.8. The van der Waals surface area contributed by atoms with Gasteiger partial charge in [0.1, 0.15) is 0 Å². The van der Waals surface area contributed by atoms with Crippen molar-refractivity contribution in [3.05, 3.63) is 0 Å². The van der Waals surface area contributed by atoms with Gasteiger partial charge in [0.2, 0.25) is 5.91 Å². The van der Waals surface area contributed by atoms with Gasteiger partial charge in [-0.05, 0) is 247 Å². The minimum absolute atomic E-state index is 0.0106. The predicted octanol–water partition coefficient (Wildman–Crippen LogP) is 13.6. The summed E-state index contributed by atoms with van der Waals surface area (Å²) in [6.45, 7) is 105. The van der Waals surface area contributed by atoms with Gasteiger partial charge in [0.05, 0.1) is 36.6 Å². The summed E-state index contributed by atoms with van der Waals surface area (Å²) in [5.41, 5.74) is 2.12. The quantitative estimate of drug-likeness (QED) is 0.114. The summed E-state index contributed by atoms with van der Waals surface area (Å²) in [5, 5.41) is 7.16. The second-order valence-electron chi connectivity index (χ2n) is 40.2. The molecular formula is C81H172N12O4. The molecule has 2 unspecified atom stereocenters. The zero-order chi connectivity index (χ0) is 74.5. The first kappa shape index (κ1) is 93.9. The topological polar surface area (TPSA) is 101 Å². The molecule has 5 fully saturated rings. The Bertz CT molecular complexity index is 2010. The van der Waals surface area contributed by atoms with Crippen molar-refractivity contribution in [3.63, 3.8) is 0 Å². The maximum atomic E-state index is 12.2. The summed E-state index contributed by atoms with van der Waals surface area (Å²) >= 11 is 0. The van der Waals surface area contributed by atoms with Crippen LogP contribution >= 0.6 is 0 Å². The molecule has 5 rings (SSSR count). The smallest absolute Gasteiger partial charge is 0.222 e. The van der Waals surface area contributed by atoms with Crippen LogP contribution in [0, 0.1) is 16.2 Å². The summed E-state index contributed by atoms with van der Waals surface area (Å²) in [6, 6.07) is 1.23. The second-order valence-corrected chi connectivity index (χ2v) is 40.2. The van der Waals surface area contributed by atoms with E-state index in [0.717, 1.165) is 98.2 Å². The molecule has 0 aromatic rings. The van der Waals surface area contributed by atoms with Crippen molar-refractivity contribution >= 4 is 5.91 Å². The summed E-state index contributed by atoms with van der Waals surface area (Å²) in [4.78, 5) is 37.4. The average molecular weight is 1380 g/mol. The van der Waals surface area contributed by atoms with Crippen molar-refractivity contribution in [2.75, 3.05) is 197 Å². The monoisotopic (exact) mass is 1380 g/mol. The predicted molar refractivity (Wildman–Crippen MR) is 422 cm³/mol. The Hall–Kier alpha value is -1.09. The zero-order valence-corrected chi connectivity index (χ0v) is 71.2. The molecule has 580 valence electrons. The van der Waals surface area contributed by atoms with Gasteiger partial charge in [-0.3, -0.25) is 34.2 Å². The maximum absolute atomic E-state index is 12.2.